The average molecular weight is 263 g/mol. The Labute approximate surface area is 116 Å². The standard InChI is InChI=1S/C16H25NO2/c1-11-7-12(2)10-17(9-11)13(3)15-6-5-14(19-4)8-16(15)18/h5-6,8,11-13,18H,7,9-10H2,1-4H3. The Kier molecular flexibility index (Phi) is 4.35. The summed E-state index contributed by atoms with van der Waals surface area (Å²) in [5.74, 6) is 2.49. The molecule has 0 bridgehead atoms. The summed E-state index contributed by atoms with van der Waals surface area (Å²) in [6, 6.07) is 5.84. The lowest BCUT2D eigenvalue weighted by Crippen LogP contribution is -2.40. The molecule has 1 aliphatic heterocycles. The molecule has 1 fully saturated rings. The van der Waals surface area contributed by atoms with Crippen LogP contribution in [0.25, 0.3) is 0 Å². The first-order valence-corrected chi connectivity index (χ1v) is 7.12. The quantitative estimate of drug-likeness (QED) is 0.906. The smallest absolute Gasteiger partial charge is 0.124 e. The highest BCUT2D eigenvalue weighted by molar-refractivity contribution is 5.41. The number of rotatable bonds is 3. The minimum atomic E-state index is 0.246. The first kappa shape index (κ1) is 14.2. The Hall–Kier alpha value is -1.22. The van der Waals surface area contributed by atoms with Crippen LogP contribution in [0.1, 0.15) is 38.8 Å². The number of piperidine rings is 1. The highest BCUT2D eigenvalue weighted by Crippen LogP contribution is 2.34. The normalized spacial score (nSPS) is 26.1. The largest absolute Gasteiger partial charge is 0.507 e. The lowest BCUT2D eigenvalue weighted by molar-refractivity contribution is 0.102. The van der Waals surface area contributed by atoms with E-state index >= 15 is 0 Å². The van der Waals surface area contributed by atoms with Gasteiger partial charge in [0.2, 0.25) is 0 Å². The molecule has 0 spiro atoms. The molecule has 3 atom stereocenters. The second-order valence-corrected chi connectivity index (χ2v) is 6.00. The van der Waals surface area contributed by atoms with E-state index in [9.17, 15) is 5.11 Å². The Morgan fingerprint density at radius 1 is 1.26 bits per heavy atom. The van der Waals surface area contributed by atoms with E-state index in [4.69, 9.17) is 4.74 Å². The van der Waals surface area contributed by atoms with Crippen LogP contribution in [0.2, 0.25) is 0 Å². The summed E-state index contributed by atoms with van der Waals surface area (Å²) >= 11 is 0. The van der Waals surface area contributed by atoms with Gasteiger partial charge in [-0.25, -0.2) is 0 Å². The maximum Gasteiger partial charge on any atom is 0.124 e. The van der Waals surface area contributed by atoms with E-state index in [2.05, 4.69) is 25.7 Å². The molecule has 3 unspecified atom stereocenters. The monoisotopic (exact) mass is 263 g/mol. The van der Waals surface area contributed by atoms with Gasteiger partial charge in [-0.05, 0) is 31.2 Å². The van der Waals surface area contributed by atoms with Crippen molar-refractivity contribution in [3.63, 3.8) is 0 Å². The fraction of sp³-hybridized carbons (Fsp3) is 0.625. The predicted molar refractivity (Wildman–Crippen MR) is 77.6 cm³/mol. The average Bonchev–Trinajstić information content (AvgIpc) is 2.36. The lowest BCUT2D eigenvalue weighted by atomic mass is 9.90. The molecular weight excluding hydrogens is 238 g/mol. The number of hydrogen-bond donors (Lipinski definition) is 1. The fourth-order valence-corrected chi connectivity index (χ4v) is 3.23. The van der Waals surface area contributed by atoms with Gasteiger partial charge in [-0.15, -0.1) is 0 Å². The van der Waals surface area contributed by atoms with Crippen LogP contribution in [-0.2, 0) is 0 Å². The number of phenols is 1. The van der Waals surface area contributed by atoms with Crippen LogP contribution in [0.15, 0.2) is 18.2 Å². The molecule has 1 aromatic rings. The van der Waals surface area contributed by atoms with Crippen LogP contribution >= 0.6 is 0 Å². The van der Waals surface area contributed by atoms with Gasteiger partial charge in [0, 0.05) is 30.8 Å². The predicted octanol–water partition coefficient (Wildman–Crippen LogP) is 3.44. The zero-order valence-corrected chi connectivity index (χ0v) is 12.4. The van der Waals surface area contributed by atoms with E-state index in [0.717, 1.165) is 30.5 Å². The van der Waals surface area contributed by atoms with Gasteiger partial charge in [0.05, 0.1) is 7.11 Å². The summed E-state index contributed by atoms with van der Waals surface area (Å²) in [5, 5.41) is 10.1. The number of nitrogens with zero attached hydrogens (tertiary/aromatic N) is 1. The molecule has 3 nitrogen and oxygen atoms in total. The molecule has 19 heavy (non-hydrogen) atoms. The molecule has 2 rings (SSSR count). The van der Waals surface area contributed by atoms with Crippen LogP contribution in [0.3, 0.4) is 0 Å². The Morgan fingerprint density at radius 2 is 1.89 bits per heavy atom. The number of hydrogen-bond acceptors (Lipinski definition) is 3. The van der Waals surface area contributed by atoms with Crippen molar-refractivity contribution in [2.75, 3.05) is 20.2 Å². The van der Waals surface area contributed by atoms with E-state index in [1.807, 2.05) is 12.1 Å². The van der Waals surface area contributed by atoms with Crippen molar-refractivity contribution >= 4 is 0 Å². The summed E-state index contributed by atoms with van der Waals surface area (Å²) in [6.07, 6.45) is 1.30. The van der Waals surface area contributed by atoms with Gasteiger partial charge in [-0.2, -0.15) is 0 Å². The van der Waals surface area contributed by atoms with Gasteiger partial charge < -0.3 is 9.84 Å². The molecule has 0 aliphatic carbocycles. The van der Waals surface area contributed by atoms with Crippen molar-refractivity contribution in [1.82, 2.24) is 4.90 Å². The lowest BCUT2D eigenvalue weighted by Gasteiger charge is -2.39. The third-order valence-electron chi connectivity index (χ3n) is 4.13. The SMILES string of the molecule is COc1ccc(C(C)N2CC(C)CC(C)C2)c(O)c1. The van der Waals surface area contributed by atoms with Crippen molar-refractivity contribution < 1.29 is 9.84 Å². The topological polar surface area (TPSA) is 32.7 Å². The van der Waals surface area contributed by atoms with E-state index < -0.39 is 0 Å². The second-order valence-electron chi connectivity index (χ2n) is 6.00. The van der Waals surface area contributed by atoms with Crippen molar-refractivity contribution in [2.24, 2.45) is 11.8 Å². The van der Waals surface area contributed by atoms with E-state index in [-0.39, 0.29) is 6.04 Å². The molecule has 1 aromatic carbocycles. The zero-order valence-electron chi connectivity index (χ0n) is 12.4. The van der Waals surface area contributed by atoms with Crippen LogP contribution in [0.5, 0.6) is 11.5 Å². The van der Waals surface area contributed by atoms with Crippen LogP contribution in [0.4, 0.5) is 0 Å². The summed E-state index contributed by atoms with van der Waals surface area (Å²) in [6.45, 7) is 9.01. The maximum absolute atomic E-state index is 10.1. The molecule has 106 valence electrons. The number of likely N-dealkylation sites (tertiary alicyclic amines) is 1. The highest BCUT2D eigenvalue weighted by atomic mass is 16.5. The van der Waals surface area contributed by atoms with Gasteiger partial charge >= 0.3 is 0 Å². The molecule has 1 N–H and O–H groups in total. The van der Waals surface area contributed by atoms with Crippen molar-refractivity contribution in [3.8, 4) is 11.5 Å². The summed E-state index contributed by atoms with van der Waals surface area (Å²) in [7, 11) is 1.62. The fourth-order valence-electron chi connectivity index (χ4n) is 3.23. The molecule has 0 aromatic heterocycles. The third-order valence-corrected chi connectivity index (χ3v) is 4.13. The number of phenolic OH excluding ortho intramolecular Hbond substituents is 1. The summed E-state index contributed by atoms with van der Waals surface area (Å²) in [4.78, 5) is 2.47. The number of benzene rings is 1. The molecule has 1 saturated heterocycles. The first-order chi connectivity index (χ1) is 9.01. The summed E-state index contributed by atoms with van der Waals surface area (Å²) in [5.41, 5.74) is 0.988. The van der Waals surface area contributed by atoms with Gasteiger partial charge in [0.25, 0.3) is 0 Å². The first-order valence-electron chi connectivity index (χ1n) is 7.12. The van der Waals surface area contributed by atoms with Gasteiger partial charge in [0.1, 0.15) is 11.5 Å². The molecule has 1 heterocycles. The van der Waals surface area contributed by atoms with Crippen molar-refractivity contribution in [1.29, 1.82) is 0 Å². The molecule has 3 heteroatoms. The van der Waals surface area contributed by atoms with Crippen molar-refractivity contribution in [2.45, 2.75) is 33.2 Å². The molecule has 1 aliphatic rings. The third kappa shape index (κ3) is 3.21. The zero-order chi connectivity index (χ0) is 14.0. The van der Waals surface area contributed by atoms with E-state index in [0.29, 0.717) is 11.5 Å². The molecule has 0 saturated carbocycles. The second kappa shape index (κ2) is 5.83. The molecule has 0 radical (unpaired) electrons. The van der Waals surface area contributed by atoms with E-state index in [1.165, 1.54) is 6.42 Å². The molecule has 0 amide bonds. The minimum Gasteiger partial charge on any atom is -0.507 e. The minimum absolute atomic E-state index is 0.246. The summed E-state index contributed by atoms with van der Waals surface area (Å²) < 4.78 is 5.14. The highest BCUT2D eigenvalue weighted by Gasteiger charge is 2.27. The van der Waals surface area contributed by atoms with Crippen LogP contribution in [0, 0.1) is 11.8 Å². The van der Waals surface area contributed by atoms with Gasteiger partial charge in [0.15, 0.2) is 0 Å². The van der Waals surface area contributed by atoms with Gasteiger partial charge in [-0.1, -0.05) is 19.9 Å². The van der Waals surface area contributed by atoms with Crippen LogP contribution in [-0.4, -0.2) is 30.2 Å². The van der Waals surface area contributed by atoms with Gasteiger partial charge in [-0.3, -0.25) is 4.90 Å². The molecular formula is C16H25NO2. The van der Waals surface area contributed by atoms with E-state index in [1.54, 1.807) is 13.2 Å². The van der Waals surface area contributed by atoms with Crippen molar-refractivity contribution in [3.05, 3.63) is 23.8 Å². The maximum atomic E-state index is 10.1. The Morgan fingerprint density at radius 3 is 2.42 bits per heavy atom. The number of ether oxygens (including phenoxy) is 1. The Bertz CT molecular complexity index is 423. The van der Waals surface area contributed by atoms with Crippen LogP contribution < -0.4 is 4.74 Å². The Balaban J connectivity index is 2.16. The number of aromatic hydroxyl groups is 1. The number of methoxy groups -OCH3 is 1.